The summed E-state index contributed by atoms with van der Waals surface area (Å²) in [4.78, 5) is 14.1. The molecule has 140 valence electrons. The van der Waals surface area contributed by atoms with E-state index in [4.69, 9.17) is 9.05 Å². The standard InChI is InChI=1S/C19H24NO4PS/c1-4-15-26-25(22,23-5-2)24-18-13-11-17(12-14-18)20(3)19(21)16-9-7-6-8-10-16/h6-14H,4-5,15H2,1-3H3. The molecule has 1 atom stereocenters. The SMILES string of the molecule is CCCSP(=O)(OCC)Oc1ccc(N(C)C(=O)c2ccccc2)cc1. The van der Waals surface area contributed by atoms with Gasteiger partial charge < -0.3 is 9.42 Å². The van der Waals surface area contributed by atoms with Crippen LogP contribution >= 0.6 is 18.2 Å². The molecular formula is C19H24NO4PS. The van der Waals surface area contributed by atoms with Crippen molar-refractivity contribution in [3.8, 4) is 5.75 Å². The monoisotopic (exact) mass is 393 g/mol. The summed E-state index contributed by atoms with van der Waals surface area (Å²) in [5.74, 6) is 1.05. The fraction of sp³-hybridized carbons (Fsp3) is 0.316. The van der Waals surface area contributed by atoms with E-state index in [0.717, 1.165) is 12.1 Å². The Morgan fingerprint density at radius 2 is 1.73 bits per heavy atom. The second-order valence-corrected chi connectivity index (χ2v) is 9.63. The Morgan fingerprint density at radius 1 is 1.08 bits per heavy atom. The second-order valence-electron chi connectivity index (χ2n) is 5.51. The van der Waals surface area contributed by atoms with Crippen LogP contribution in [0.1, 0.15) is 30.6 Å². The van der Waals surface area contributed by atoms with Gasteiger partial charge in [-0.15, -0.1) is 0 Å². The van der Waals surface area contributed by atoms with Gasteiger partial charge in [0.25, 0.3) is 5.91 Å². The number of carbonyl (C=O) groups excluding carboxylic acids is 1. The Kier molecular flexibility index (Phi) is 7.76. The van der Waals surface area contributed by atoms with Gasteiger partial charge in [-0.05, 0) is 61.1 Å². The average molecular weight is 393 g/mol. The molecule has 0 bridgehead atoms. The highest BCUT2D eigenvalue weighted by Gasteiger charge is 2.26. The Hall–Kier alpha value is -1.75. The Balaban J connectivity index is 2.09. The van der Waals surface area contributed by atoms with Crippen molar-refractivity contribution < 1.29 is 18.4 Å². The molecule has 0 N–H and O–H groups in total. The third kappa shape index (κ3) is 5.63. The van der Waals surface area contributed by atoms with Gasteiger partial charge in [0, 0.05) is 24.1 Å². The average Bonchev–Trinajstić information content (AvgIpc) is 2.67. The predicted molar refractivity (Wildman–Crippen MR) is 108 cm³/mol. The minimum Gasteiger partial charge on any atom is -0.417 e. The third-order valence-corrected chi connectivity index (χ3v) is 7.46. The van der Waals surface area contributed by atoms with Crippen LogP contribution in [0, 0.1) is 0 Å². The summed E-state index contributed by atoms with van der Waals surface area (Å²) >= 11 is 1.20. The van der Waals surface area contributed by atoms with Crippen molar-refractivity contribution in [2.75, 3.05) is 24.3 Å². The molecule has 0 saturated heterocycles. The van der Waals surface area contributed by atoms with Crippen LogP contribution in [-0.2, 0) is 9.09 Å². The van der Waals surface area contributed by atoms with E-state index < -0.39 is 6.80 Å². The Bertz CT molecular complexity index is 752. The lowest BCUT2D eigenvalue weighted by Crippen LogP contribution is -2.25. The summed E-state index contributed by atoms with van der Waals surface area (Å²) in [5.41, 5.74) is 1.34. The third-order valence-electron chi connectivity index (χ3n) is 3.51. The van der Waals surface area contributed by atoms with E-state index in [1.54, 1.807) is 55.3 Å². The minimum atomic E-state index is -3.23. The van der Waals surface area contributed by atoms with Gasteiger partial charge in [-0.2, -0.15) is 0 Å². The van der Waals surface area contributed by atoms with Crippen LogP contribution in [0.2, 0.25) is 0 Å². The normalized spacial score (nSPS) is 13.0. The molecule has 0 fully saturated rings. The maximum Gasteiger partial charge on any atom is 0.440 e. The minimum absolute atomic E-state index is 0.0993. The van der Waals surface area contributed by atoms with Crippen LogP contribution in [0.4, 0.5) is 5.69 Å². The molecule has 2 aromatic carbocycles. The zero-order chi connectivity index (χ0) is 19.0. The van der Waals surface area contributed by atoms with Gasteiger partial charge in [0.1, 0.15) is 5.75 Å². The molecule has 0 aromatic heterocycles. The molecule has 2 aromatic rings. The van der Waals surface area contributed by atoms with Crippen molar-refractivity contribution in [3.63, 3.8) is 0 Å². The molecule has 2 rings (SSSR count). The number of hydrogen-bond donors (Lipinski definition) is 0. The molecule has 0 spiro atoms. The summed E-state index contributed by atoms with van der Waals surface area (Å²) in [5, 5.41) is 0. The highest BCUT2D eigenvalue weighted by Crippen LogP contribution is 2.60. The zero-order valence-electron chi connectivity index (χ0n) is 15.3. The van der Waals surface area contributed by atoms with E-state index in [9.17, 15) is 9.36 Å². The van der Waals surface area contributed by atoms with Crippen LogP contribution in [0.5, 0.6) is 5.75 Å². The van der Waals surface area contributed by atoms with Gasteiger partial charge in [0.15, 0.2) is 0 Å². The molecule has 0 aliphatic heterocycles. The van der Waals surface area contributed by atoms with Gasteiger partial charge >= 0.3 is 6.80 Å². The molecule has 1 amide bonds. The first-order valence-corrected chi connectivity index (χ1v) is 11.6. The van der Waals surface area contributed by atoms with E-state index in [2.05, 4.69) is 0 Å². The maximum atomic E-state index is 12.7. The molecule has 0 aliphatic carbocycles. The smallest absolute Gasteiger partial charge is 0.417 e. The molecule has 7 heteroatoms. The summed E-state index contributed by atoms with van der Waals surface area (Å²) in [6.45, 7) is 0.892. The van der Waals surface area contributed by atoms with Crippen LogP contribution in [0.25, 0.3) is 0 Å². The number of anilines is 1. The van der Waals surface area contributed by atoms with Gasteiger partial charge in [0.05, 0.1) is 6.61 Å². The topological polar surface area (TPSA) is 55.8 Å². The molecule has 26 heavy (non-hydrogen) atoms. The molecule has 0 radical (unpaired) electrons. The van der Waals surface area contributed by atoms with E-state index in [0.29, 0.717) is 23.7 Å². The van der Waals surface area contributed by atoms with Gasteiger partial charge in [-0.3, -0.25) is 9.32 Å². The van der Waals surface area contributed by atoms with Crippen LogP contribution < -0.4 is 9.42 Å². The number of hydrogen-bond acceptors (Lipinski definition) is 5. The van der Waals surface area contributed by atoms with E-state index in [1.165, 1.54) is 11.4 Å². The molecule has 0 heterocycles. The number of nitrogens with zero attached hydrogens (tertiary/aromatic N) is 1. The highest BCUT2D eigenvalue weighted by atomic mass is 32.7. The maximum absolute atomic E-state index is 12.7. The van der Waals surface area contributed by atoms with E-state index in [1.807, 2.05) is 25.1 Å². The first kappa shape index (κ1) is 20.6. The number of carbonyl (C=O) groups is 1. The summed E-state index contributed by atoms with van der Waals surface area (Å²) in [6.07, 6.45) is 0.885. The van der Waals surface area contributed by atoms with Crippen LogP contribution in [-0.4, -0.2) is 25.3 Å². The zero-order valence-corrected chi connectivity index (χ0v) is 17.0. The van der Waals surface area contributed by atoms with Crippen molar-refractivity contribution in [3.05, 3.63) is 60.2 Å². The molecule has 5 nitrogen and oxygen atoms in total. The van der Waals surface area contributed by atoms with Gasteiger partial charge in [-0.1, -0.05) is 25.1 Å². The Labute approximate surface area is 159 Å². The fourth-order valence-electron chi connectivity index (χ4n) is 2.20. The first-order valence-electron chi connectivity index (χ1n) is 8.51. The van der Waals surface area contributed by atoms with E-state index >= 15 is 0 Å². The predicted octanol–water partition coefficient (Wildman–Crippen LogP) is 5.63. The lowest BCUT2D eigenvalue weighted by atomic mass is 10.2. The van der Waals surface area contributed by atoms with Crippen molar-refractivity contribution in [1.82, 2.24) is 0 Å². The lowest BCUT2D eigenvalue weighted by Gasteiger charge is -2.20. The Morgan fingerprint density at radius 3 is 2.31 bits per heavy atom. The van der Waals surface area contributed by atoms with Crippen molar-refractivity contribution >= 4 is 29.8 Å². The number of amides is 1. The molecule has 1 unspecified atom stereocenters. The highest BCUT2D eigenvalue weighted by molar-refractivity contribution is 8.55. The van der Waals surface area contributed by atoms with Gasteiger partial charge in [-0.25, -0.2) is 4.57 Å². The molecular weight excluding hydrogens is 369 g/mol. The largest absolute Gasteiger partial charge is 0.440 e. The van der Waals surface area contributed by atoms with E-state index in [-0.39, 0.29) is 5.91 Å². The van der Waals surface area contributed by atoms with Crippen molar-refractivity contribution in [1.29, 1.82) is 0 Å². The fourth-order valence-corrected chi connectivity index (χ4v) is 5.66. The second kappa shape index (κ2) is 9.81. The van der Waals surface area contributed by atoms with Crippen molar-refractivity contribution in [2.45, 2.75) is 20.3 Å². The summed E-state index contributed by atoms with van der Waals surface area (Å²) < 4.78 is 23.7. The summed E-state index contributed by atoms with van der Waals surface area (Å²) in [7, 11) is 1.72. The number of rotatable bonds is 9. The quantitative estimate of drug-likeness (QED) is 0.517. The van der Waals surface area contributed by atoms with Crippen LogP contribution in [0.3, 0.4) is 0 Å². The summed E-state index contributed by atoms with van der Waals surface area (Å²) in [6, 6.07) is 16.0. The number of benzene rings is 2. The lowest BCUT2D eigenvalue weighted by molar-refractivity contribution is 0.0993. The van der Waals surface area contributed by atoms with Crippen molar-refractivity contribution in [2.24, 2.45) is 0 Å². The first-order chi connectivity index (χ1) is 12.5. The molecule has 0 aliphatic rings. The molecule has 0 saturated carbocycles. The van der Waals surface area contributed by atoms with Crippen LogP contribution in [0.15, 0.2) is 54.6 Å². The van der Waals surface area contributed by atoms with Gasteiger partial charge in [0.2, 0.25) is 0 Å².